The highest BCUT2D eigenvalue weighted by Crippen LogP contribution is 2.22. The van der Waals surface area contributed by atoms with Gasteiger partial charge in [0, 0.05) is 39.3 Å². The van der Waals surface area contributed by atoms with Crippen molar-refractivity contribution in [3.63, 3.8) is 0 Å². The molecule has 12 heteroatoms. The molecule has 1 aromatic carbocycles. The van der Waals surface area contributed by atoms with Gasteiger partial charge in [0.15, 0.2) is 0 Å². The number of rotatable bonds is 6. The van der Waals surface area contributed by atoms with Crippen molar-refractivity contribution in [2.24, 2.45) is 0 Å². The van der Waals surface area contributed by atoms with E-state index in [0.29, 0.717) is 26.3 Å². The van der Waals surface area contributed by atoms with Crippen LogP contribution in [0.2, 0.25) is 0 Å². The Morgan fingerprint density at radius 3 is 1.70 bits per heavy atom. The minimum Gasteiger partial charge on any atom is -0.379 e. The summed E-state index contributed by atoms with van der Waals surface area (Å²) in [6.07, 6.45) is 0. The van der Waals surface area contributed by atoms with Crippen molar-refractivity contribution in [3.05, 3.63) is 24.3 Å². The number of likely N-dealkylation sites (N-methyl/N-ethyl adjacent to an activating group) is 1. The first-order valence-electron chi connectivity index (χ1n) is 9.73. The smallest absolute Gasteiger partial charge is 0.243 e. The first kappa shape index (κ1) is 23.1. The van der Waals surface area contributed by atoms with Crippen molar-refractivity contribution in [1.82, 2.24) is 18.4 Å². The van der Waals surface area contributed by atoms with Crippen molar-refractivity contribution in [3.8, 4) is 0 Å². The number of hydrogen-bond donors (Lipinski definition) is 0. The molecule has 2 saturated heterocycles. The summed E-state index contributed by atoms with van der Waals surface area (Å²) in [5.74, 6) is -0.0327. The molecule has 2 aliphatic heterocycles. The van der Waals surface area contributed by atoms with E-state index in [2.05, 4.69) is 0 Å². The van der Waals surface area contributed by atoms with Gasteiger partial charge in [0.2, 0.25) is 26.0 Å². The average Bonchev–Trinajstić information content (AvgIpc) is 2.74. The molecule has 0 unspecified atom stereocenters. The van der Waals surface area contributed by atoms with Crippen LogP contribution < -0.4 is 0 Å². The number of benzene rings is 1. The van der Waals surface area contributed by atoms with Gasteiger partial charge >= 0.3 is 0 Å². The van der Waals surface area contributed by atoms with E-state index in [-0.39, 0.29) is 48.4 Å². The second kappa shape index (κ2) is 9.28. The Morgan fingerprint density at radius 2 is 1.27 bits per heavy atom. The quantitative estimate of drug-likeness (QED) is 0.542. The topological polar surface area (TPSA) is 108 Å². The van der Waals surface area contributed by atoms with E-state index in [9.17, 15) is 21.6 Å². The van der Waals surface area contributed by atoms with Crippen LogP contribution in [0.15, 0.2) is 34.1 Å². The second-order valence-corrected chi connectivity index (χ2v) is 11.4. The molecule has 1 amide bonds. The number of morpholine rings is 1. The van der Waals surface area contributed by atoms with Gasteiger partial charge in [-0.3, -0.25) is 4.79 Å². The molecule has 168 valence electrons. The van der Waals surface area contributed by atoms with E-state index in [1.807, 2.05) is 14.1 Å². The van der Waals surface area contributed by atoms with Gasteiger partial charge in [-0.2, -0.15) is 8.61 Å². The van der Waals surface area contributed by atoms with Crippen LogP contribution in [0.25, 0.3) is 0 Å². The Morgan fingerprint density at radius 1 is 0.833 bits per heavy atom. The van der Waals surface area contributed by atoms with Crippen LogP contribution in [0.5, 0.6) is 0 Å². The second-order valence-electron chi connectivity index (χ2n) is 7.51. The summed E-state index contributed by atoms with van der Waals surface area (Å²) >= 11 is 0. The number of carbonyl (C=O) groups excluding carboxylic acids is 1. The molecule has 0 radical (unpaired) electrons. The van der Waals surface area contributed by atoms with Crippen molar-refractivity contribution in [2.45, 2.75) is 9.79 Å². The number of ether oxygens (including phenoxy) is 1. The number of nitrogens with zero attached hydrogens (tertiary/aromatic N) is 4. The van der Waals surface area contributed by atoms with E-state index in [1.54, 1.807) is 9.80 Å². The standard InChI is InChI=1S/C18H28N4O6S2/c1-19(2)15-18(23)20-7-9-21(10-8-20)29(24,25)16-3-5-17(6-4-16)30(26,27)22-11-13-28-14-12-22/h3-6H,7-15H2,1-2H3. The third-order valence-corrected chi connectivity index (χ3v) is 8.94. The van der Waals surface area contributed by atoms with Crippen LogP contribution in [0.4, 0.5) is 0 Å². The molecular formula is C18H28N4O6S2. The van der Waals surface area contributed by atoms with Gasteiger partial charge in [0.05, 0.1) is 29.5 Å². The van der Waals surface area contributed by atoms with Crippen LogP contribution in [0.3, 0.4) is 0 Å². The van der Waals surface area contributed by atoms with Gasteiger partial charge in [0.25, 0.3) is 0 Å². The van der Waals surface area contributed by atoms with Crippen LogP contribution >= 0.6 is 0 Å². The van der Waals surface area contributed by atoms with Gasteiger partial charge in [-0.25, -0.2) is 16.8 Å². The number of amides is 1. The molecule has 10 nitrogen and oxygen atoms in total. The molecule has 2 fully saturated rings. The molecule has 0 bridgehead atoms. The lowest BCUT2D eigenvalue weighted by Gasteiger charge is -2.34. The normalized spacial score (nSPS) is 19.9. The number of carbonyl (C=O) groups is 1. The number of hydrogen-bond acceptors (Lipinski definition) is 7. The molecule has 0 spiro atoms. The lowest BCUT2D eigenvalue weighted by molar-refractivity contribution is -0.133. The van der Waals surface area contributed by atoms with Crippen LogP contribution in [-0.2, 0) is 29.6 Å². The maximum atomic E-state index is 12.9. The molecule has 0 aromatic heterocycles. The summed E-state index contributed by atoms with van der Waals surface area (Å²) < 4.78 is 59.1. The molecule has 2 heterocycles. The third kappa shape index (κ3) is 5.01. The summed E-state index contributed by atoms with van der Waals surface area (Å²) in [7, 11) is -3.83. The Labute approximate surface area is 178 Å². The van der Waals surface area contributed by atoms with Gasteiger partial charge in [-0.15, -0.1) is 0 Å². The molecule has 0 saturated carbocycles. The summed E-state index contributed by atoms with van der Waals surface area (Å²) in [5, 5.41) is 0. The summed E-state index contributed by atoms with van der Waals surface area (Å²) in [6.45, 7) is 2.59. The van der Waals surface area contributed by atoms with Crippen molar-refractivity contribution < 1.29 is 26.4 Å². The fourth-order valence-electron chi connectivity index (χ4n) is 3.42. The summed E-state index contributed by atoms with van der Waals surface area (Å²) in [4.78, 5) is 15.7. The van der Waals surface area contributed by atoms with Gasteiger partial charge in [-0.05, 0) is 38.4 Å². The van der Waals surface area contributed by atoms with Crippen molar-refractivity contribution in [2.75, 3.05) is 73.1 Å². The van der Waals surface area contributed by atoms with Crippen LogP contribution in [0.1, 0.15) is 0 Å². The number of piperazine rings is 1. The first-order chi connectivity index (χ1) is 14.1. The highest BCUT2D eigenvalue weighted by molar-refractivity contribution is 7.89. The largest absolute Gasteiger partial charge is 0.379 e. The van der Waals surface area contributed by atoms with Crippen LogP contribution in [-0.4, -0.2) is 114 Å². The minimum atomic E-state index is -3.76. The Bertz CT molecular complexity index is 949. The number of sulfonamides is 2. The fraction of sp³-hybridized carbons (Fsp3) is 0.611. The molecule has 0 N–H and O–H groups in total. The lowest BCUT2D eigenvalue weighted by atomic mass is 10.3. The highest BCUT2D eigenvalue weighted by Gasteiger charge is 2.31. The molecule has 2 aliphatic rings. The third-order valence-electron chi connectivity index (χ3n) is 5.11. The predicted molar refractivity (Wildman–Crippen MR) is 110 cm³/mol. The molecule has 3 rings (SSSR count). The molecule has 1 aromatic rings. The molecular weight excluding hydrogens is 432 g/mol. The zero-order chi connectivity index (χ0) is 21.9. The molecule has 30 heavy (non-hydrogen) atoms. The van der Waals surface area contributed by atoms with Crippen molar-refractivity contribution >= 4 is 26.0 Å². The highest BCUT2D eigenvalue weighted by atomic mass is 32.2. The monoisotopic (exact) mass is 460 g/mol. The maximum absolute atomic E-state index is 12.9. The van der Waals surface area contributed by atoms with E-state index >= 15 is 0 Å². The van der Waals surface area contributed by atoms with E-state index in [0.717, 1.165) is 0 Å². The predicted octanol–water partition coefficient (Wildman–Crippen LogP) is -0.898. The summed E-state index contributed by atoms with van der Waals surface area (Å²) in [6, 6.07) is 5.31. The Kier molecular flexibility index (Phi) is 7.15. The van der Waals surface area contributed by atoms with Gasteiger partial charge in [0.1, 0.15) is 0 Å². The van der Waals surface area contributed by atoms with Crippen LogP contribution in [0, 0.1) is 0 Å². The molecule has 0 atom stereocenters. The minimum absolute atomic E-state index is 0.0327. The van der Waals surface area contributed by atoms with E-state index in [1.165, 1.54) is 32.9 Å². The first-order valence-corrected chi connectivity index (χ1v) is 12.6. The van der Waals surface area contributed by atoms with Gasteiger partial charge in [-0.1, -0.05) is 0 Å². The molecule has 0 aliphatic carbocycles. The summed E-state index contributed by atoms with van der Waals surface area (Å²) in [5.41, 5.74) is 0. The van der Waals surface area contributed by atoms with E-state index < -0.39 is 20.0 Å². The zero-order valence-electron chi connectivity index (χ0n) is 17.2. The SMILES string of the molecule is CN(C)CC(=O)N1CCN(S(=O)(=O)c2ccc(S(=O)(=O)N3CCOCC3)cc2)CC1. The van der Waals surface area contributed by atoms with Crippen molar-refractivity contribution in [1.29, 1.82) is 0 Å². The Hall–Kier alpha value is -1.57. The lowest BCUT2D eigenvalue weighted by Crippen LogP contribution is -2.52. The zero-order valence-corrected chi connectivity index (χ0v) is 18.9. The Balaban J connectivity index is 1.68. The average molecular weight is 461 g/mol. The van der Waals surface area contributed by atoms with E-state index in [4.69, 9.17) is 4.74 Å². The fourth-order valence-corrected chi connectivity index (χ4v) is 6.25. The van der Waals surface area contributed by atoms with Gasteiger partial charge < -0.3 is 14.5 Å². The maximum Gasteiger partial charge on any atom is 0.243 e.